The molecule has 2 N–H and O–H groups in total. The Bertz CT molecular complexity index is 194. The summed E-state index contributed by atoms with van der Waals surface area (Å²) in [4.78, 5) is 2.35. The van der Waals surface area contributed by atoms with Gasteiger partial charge in [0.25, 0.3) is 0 Å². The summed E-state index contributed by atoms with van der Waals surface area (Å²) in [5, 5.41) is 13.4. The fourth-order valence-electron chi connectivity index (χ4n) is 2.42. The number of aliphatic hydroxyl groups is 1. The van der Waals surface area contributed by atoms with E-state index >= 15 is 0 Å². The van der Waals surface area contributed by atoms with Crippen LogP contribution in [0.2, 0.25) is 0 Å². The van der Waals surface area contributed by atoms with Crippen LogP contribution in [0.25, 0.3) is 0 Å². The van der Waals surface area contributed by atoms with Gasteiger partial charge < -0.3 is 20.1 Å². The van der Waals surface area contributed by atoms with Crippen LogP contribution < -0.4 is 5.32 Å². The molecule has 4 heteroatoms. The number of β-amino-alcohol motifs (C(OH)–C–C–N with tert-alkyl or cyclic N) is 1. The number of rotatable bonds is 9. The van der Waals surface area contributed by atoms with Crippen LogP contribution >= 0.6 is 0 Å². The number of hydrogen-bond donors (Lipinski definition) is 2. The lowest BCUT2D eigenvalue weighted by molar-refractivity contribution is 0.0113. The molecule has 0 radical (unpaired) electrons. The van der Waals surface area contributed by atoms with Gasteiger partial charge in [-0.05, 0) is 38.9 Å². The summed E-state index contributed by atoms with van der Waals surface area (Å²) < 4.78 is 5.45. The molecule has 0 aromatic carbocycles. The minimum absolute atomic E-state index is 0.336. The molecule has 0 saturated carbocycles. The smallest absolute Gasteiger partial charge is 0.0900 e. The third-order valence-electron chi connectivity index (χ3n) is 3.50. The zero-order valence-electron chi connectivity index (χ0n) is 12.0. The number of nitrogens with zero attached hydrogens (tertiary/aromatic N) is 1. The maximum atomic E-state index is 9.89. The van der Waals surface area contributed by atoms with Gasteiger partial charge in [0.1, 0.15) is 0 Å². The SMILES string of the molecule is CCCCOCC(O)CN1CCC(NCC)CC1. The van der Waals surface area contributed by atoms with E-state index in [9.17, 15) is 5.11 Å². The van der Waals surface area contributed by atoms with Gasteiger partial charge in [0.05, 0.1) is 12.7 Å². The van der Waals surface area contributed by atoms with Gasteiger partial charge in [0, 0.05) is 19.2 Å². The van der Waals surface area contributed by atoms with Crippen LogP contribution in [0.3, 0.4) is 0 Å². The number of likely N-dealkylation sites (tertiary alicyclic amines) is 1. The summed E-state index contributed by atoms with van der Waals surface area (Å²) in [6.45, 7) is 9.54. The molecular weight excluding hydrogens is 228 g/mol. The summed E-state index contributed by atoms with van der Waals surface area (Å²) in [5.41, 5.74) is 0. The van der Waals surface area contributed by atoms with Crippen molar-refractivity contribution in [2.45, 2.75) is 51.7 Å². The third kappa shape index (κ3) is 6.69. The van der Waals surface area contributed by atoms with E-state index < -0.39 is 0 Å². The van der Waals surface area contributed by atoms with Crippen molar-refractivity contribution in [3.05, 3.63) is 0 Å². The van der Waals surface area contributed by atoms with Crippen LogP contribution in [0, 0.1) is 0 Å². The molecule has 1 unspecified atom stereocenters. The second-order valence-electron chi connectivity index (χ2n) is 5.21. The lowest BCUT2D eigenvalue weighted by Crippen LogP contribution is -2.45. The van der Waals surface area contributed by atoms with Gasteiger partial charge in [0.15, 0.2) is 0 Å². The molecule has 108 valence electrons. The summed E-state index contributed by atoms with van der Waals surface area (Å²) >= 11 is 0. The van der Waals surface area contributed by atoms with E-state index in [0.717, 1.165) is 45.6 Å². The van der Waals surface area contributed by atoms with E-state index in [0.29, 0.717) is 12.6 Å². The van der Waals surface area contributed by atoms with Gasteiger partial charge in [-0.3, -0.25) is 0 Å². The number of aliphatic hydroxyl groups excluding tert-OH is 1. The maximum absolute atomic E-state index is 9.89. The van der Waals surface area contributed by atoms with Crippen molar-refractivity contribution in [2.24, 2.45) is 0 Å². The van der Waals surface area contributed by atoms with E-state index in [4.69, 9.17) is 4.74 Å². The zero-order valence-corrected chi connectivity index (χ0v) is 12.0. The van der Waals surface area contributed by atoms with Gasteiger partial charge >= 0.3 is 0 Å². The Balaban J connectivity index is 2.05. The third-order valence-corrected chi connectivity index (χ3v) is 3.50. The first-order valence-electron chi connectivity index (χ1n) is 7.47. The maximum Gasteiger partial charge on any atom is 0.0900 e. The van der Waals surface area contributed by atoms with Crippen LogP contribution in [-0.4, -0.2) is 61.5 Å². The van der Waals surface area contributed by atoms with Crippen molar-refractivity contribution in [1.82, 2.24) is 10.2 Å². The predicted molar refractivity (Wildman–Crippen MR) is 74.9 cm³/mol. The van der Waals surface area contributed by atoms with Crippen molar-refractivity contribution < 1.29 is 9.84 Å². The van der Waals surface area contributed by atoms with E-state index in [1.807, 2.05) is 0 Å². The first-order valence-corrected chi connectivity index (χ1v) is 7.47. The fourth-order valence-corrected chi connectivity index (χ4v) is 2.42. The molecule has 0 aliphatic carbocycles. The Morgan fingerprint density at radius 2 is 2.06 bits per heavy atom. The molecule has 4 nitrogen and oxygen atoms in total. The normalized spacial score (nSPS) is 20.2. The largest absolute Gasteiger partial charge is 0.389 e. The highest BCUT2D eigenvalue weighted by Crippen LogP contribution is 2.10. The lowest BCUT2D eigenvalue weighted by atomic mass is 10.0. The van der Waals surface area contributed by atoms with Gasteiger partial charge in [-0.1, -0.05) is 20.3 Å². The quantitative estimate of drug-likeness (QED) is 0.611. The van der Waals surface area contributed by atoms with E-state index in [-0.39, 0.29) is 6.10 Å². The molecule has 18 heavy (non-hydrogen) atoms. The zero-order chi connectivity index (χ0) is 13.2. The van der Waals surface area contributed by atoms with Crippen LogP contribution in [0.15, 0.2) is 0 Å². The molecule has 0 spiro atoms. The summed E-state index contributed by atoms with van der Waals surface area (Å²) in [6.07, 6.45) is 4.28. The standard InChI is InChI=1S/C14H30N2O2/c1-3-5-10-18-12-14(17)11-16-8-6-13(7-9-16)15-4-2/h13-15,17H,3-12H2,1-2H3. The molecule has 0 aromatic rings. The first kappa shape index (κ1) is 15.9. The number of hydrogen-bond acceptors (Lipinski definition) is 4. The molecule has 1 saturated heterocycles. The van der Waals surface area contributed by atoms with Crippen molar-refractivity contribution in [3.63, 3.8) is 0 Å². The van der Waals surface area contributed by atoms with Gasteiger partial charge in [-0.15, -0.1) is 0 Å². The number of ether oxygens (including phenoxy) is 1. The van der Waals surface area contributed by atoms with Crippen LogP contribution in [-0.2, 0) is 4.74 Å². The highest BCUT2D eigenvalue weighted by molar-refractivity contribution is 4.78. The van der Waals surface area contributed by atoms with Crippen molar-refractivity contribution in [3.8, 4) is 0 Å². The highest BCUT2D eigenvalue weighted by atomic mass is 16.5. The lowest BCUT2D eigenvalue weighted by Gasteiger charge is -2.33. The second kappa shape index (κ2) is 9.73. The second-order valence-corrected chi connectivity index (χ2v) is 5.21. The monoisotopic (exact) mass is 258 g/mol. The summed E-state index contributed by atoms with van der Waals surface area (Å²) in [5.74, 6) is 0. The van der Waals surface area contributed by atoms with Crippen LogP contribution in [0.4, 0.5) is 0 Å². The molecule has 1 rings (SSSR count). The highest BCUT2D eigenvalue weighted by Gasteiger charge is 2.20. The molecule has 1 heterocycles. The number of piperidine rings is 1. The van der Waals surface area contributed by atoms with Crippen molar-refractivity contribution in [2.75, 3.05) is 39.4 Å². The summed E-state index contributed by atoms with van der Waals surface area (Å²) in [7, 11) is 0. The molecule has 0 amide bonds. The Morgan fingerprint density at radius 3 is 2.67 bits per heavy atom. The average molecular weight is 258 g/mol. The van der Waals surface area contributed by atoms with Crippen molar-refractivity contribution in [1.29, 1.82) is 0 Å². The molecule has 1 fully saturated rings. The molecule has 1 aliphatic heterocycles. The average Bonchev–Trinajstić information content (AvgIpc) is 2.37. The Morgan fingerprint density at radius 1 is 1.33 bits per heavy atom. The molecular formula is C14H30N2O2. The van der Waals surface area contributed by atoms with E-state index in [1.165, 1.54) is 12.8 Å². The van der Waals surface area contributed by atoms with Gasteiger partial charge in [0.2, 0.25) is 0 Å². The van der Waals surface area contributed by atoms with E-state index in [1.54, 1.807) is 0 Å². The minimum Gasteiger partial charge on any atom is -0.389 e. The first-order chi connectivity index (χ1) is 8.76. The van der Waals surface area contributed by atoms with Crippen molar-refractivity contribution >= 4 is 0 Å². The molecule has 1 aliphatic rings. The van der Waals surface area contributed by atoms with Crippen LogP contribution in [0.5, 0.6) is 0 Å². The molecule has 1 atom stereocenters. The Labute approximate surface area is 112 Å². The topological polar surface area (TPSA) is 44.7 Å². The Kier molecular flexibility index (Phi) is 8.59. The van der Waals surface area contributed by atoms with Crippen LogP contribution in [0.1, 0.15) is 39.5 Å². The molecule has 0 bridgehead atoms. The fraction of sp³-hybridized carbons (Fsp3) is 1.00. The van der Waals surface area contributed by atoms with Gasteiger partial charge in [-0.25, -0.2) is 0 Å². The minimum atomic E-state index is -0.336. The summed E-state index contributed by atoms with van der Waals surface area (Å²) in [6, 6.07) is 0.671. The Hall–Kier alpha value is -0.160. The number of nitrogens with one attached hydrogen (secondary N) is 1. The van der Waals surface area contributed by atoms with E-state index in [2.05, 4.69) is 24.1 Å². The predicted octanol–water partition coefficient (Wildman–Crippen LogP) is 1.24. The molecule has 0 aromatic heterocycles. The van der Waals surface area contributed by atoms with Gasteiger partial charge in [-0.2, -0.15) is 0 Å². The number of unbranched alkanes of at least 4 members (excludes halogenated alkanes) is 1.